The van der Waals surface area contributed by atoms with Crippen LogP contribution in [0.5, 0.6) is 11.5 Å². The van der Waals surface area contributed by atoms with Crippen LogP contribution in [0, 0.1) is 11.8 Å². The van der Waals surface area contributed by atoms with Gasteiger partial charge >= 0.3 is 0 Å². The summed E-state index contributed by atoms with van der Waals surface area (Å²) in [7, 11) is 1.68. The molecule has 8 heteroatoms. The van der Waals surface area contributed by atoms with Gasteiger partial charge in [0.05, 0.1) is 40.6 Å². The molecule has 1 saturated heterocycles. The predicted octanol–water partition coefficient (Wildman–Crippen LogP) is 5.66. The standard InChI is InChI=1S/C33H40Cl2N2O4/c1-19(2)17-37(28(38)15-21-6-8-23(34)24(35)14-21)25-10-11-33(39)27-16-22-7-9-26(40-3)30-29(22)32(33,31(25)41-30)12-13-36(27)18-20-4-5-20/h6-9,14,19-20,25,27,31,39H,4-5,10-13,15-18H2,1-3H3/t25?,27-,31?,32+,33-/m1/s1. The van der Waals surface area contributed by atoms with Gasteiger partial charge in [0.25, 0.3) is 0 Å². The average molecular weight is 600 g/mol. The minimum atomic E-state index is -0.915. The first-order valence-corrected chi connectivity index (χ1v) is 16.0. The highest BCUT2D eigenvalue weighted by Gasteiger charge is 2.73. The molecule has 0 aromatic heterocycles. The maximum atomic E-state index is 14.1. The number of hydrogen-bond donors (Lipinski definition) is 1. The number of carbonyl (C=O) groups is 1. The van der Waals surface area contributed by atoms with Gasteiger partial charge in [0.1, 0.15) is 6.10 Å². The molecule has 5 atom stereocenters. The van der Waals surface area contributed by atoms with Gasteiger partial charge in [-0.15, -0.1) is 0 Å². The number of benzene rings is 2. The zero-order valence-corrected chi connectivity index (χ0v) is 25.7. The Bertz CT molecular complexity index is 1380. The van der Waals surface area contributed by atoms with Crippen molar-refractivity contribution in [3.8, 4) is 11.5 Å². The van der Waals surface area contributed by atoms with E-state index in [1.165, 1.54) is 18.4 Å². The maximum Gasteiger partial charge on any atom is 0.227 e. The summed E-state index contributed by atoms with van der Waals surface area (Å²) in [5.74, 6) is 2.57. The largest absolute Gasteiger partial charge is 0.493 e. The number of piperidine rings is 1. The molecule has 2 heterocycles. The second-order valence-electron chi connectivity index (χ2n) is 13.4. The van der Waals surface area contributed by atoms with E-state index in [2.05, 4.69) is 24.8 Å². The van der Waals surface area contributed by atoms with Gasteiger partial charge in [-0.2, -0.15) is 0 Å². The van der Waals surface area contributed by atoms with Gasteiger partial charge in [0, 0.05) is 24.7 Å². The molecule has 3 aliphatic carbocycles. The van der Waals surface area contributed by atoms with Crippen molar-refractivity contribution in [1.82, 2.24) is 9.80 Å². The molecule has 220 valence electrons. The number of rotatable bonds is 8. The van der Waals surface area contributed by atoms with Crippen LogP contribution in [0.15, 0.2) is 30.3 Å². The molecule has 0 radical (unpaired) electrons. The van der Waals surface area contributed by atoms with E-state index in [-0.39, 0.29) is 36.4 Å². The molecule has 41 heavy (non-hydrogen) atoms. The van der Waals surface area contributed by atoms with Gasteiger partial charge < -0.3 is 19.5 Å². The van der Waals surface area contributed by atoms with E-state index in [1.54, 1.807) is 19.2 Å². The van der Waals surface area contributed by atoms with Crippen molar-refractivity contribution in [1.29, 1.82) is 0 Å². The highest BCUT2D eigenvalue weighted by molar-refractivity contribution is 6.42. The van der Waals surface area contributed by atoms with Gasteiger partial charge in [-0.05, 0) is 86.2 Å². The fraction of sp³-hybridized carbons (Fsp3) is 0.606. The molecular weight excluding hydrogens is 559 g/mol. The van der Waals surface area contributed by atoms with Crippen molar-refractivity contribution in [3.63, 3.8) is 0 Å². The van der Waals surface area contributed by atoms with Crippen LogP contribution in [-0.4, -0.2) is 71.3 Å². The van der Waals surface area contributed by atoms with Gasteiger partial charge in [0.2, 0.25) is 5.91 Å². The van der Waals surface area contributed by atoms with E-state index in [0.29, 0.717) is 35.2 Å². The SMILES string of the molecule is COc1ccc2c3c1OC1C(N(CC(C)C)C(=O)Cc4ccc(Cl)c(Cl)c4)CC[C@@]4(O)[C@@H](C2)N(CC2CC2)CC[C@]314. The first kappa shape index (κ1) is 27.8. The maximum absolute atomic E-state index is 14.1. The first-order chi connectivity index (χ1) is 19.7. The van der Waals surface area contributed by atoms with Crippen LogP contribution >= 0.6 is 23.2 Å². The number of amides is 1. The Morgan fingerprint density at radius 3 is 2.68 bits per heavy atom. The fourth-order valence-corrected chi connectivity index (χ4v) is 8.99. The Morgan fingerprint density at radius 1 is 1.17 bits per heavy atom. The Morgan fingerprint density at radius 2 is 1.98 bits per heavy atom. The van der Waals surface area contributed by atoms with Crippen LogP contribution in [0.2, 0.25) is 10.0 Å². The van der Waals surface area contributed by atoms with E-state index in [1.807, 2.05) is 17.0 Å². The van der Waals surface area contributed by atoms with E-state index in [9.17, 15) is 9.90 Å². The molecular formula is C33H40Cl2N2O4. The van der Waals surface area contributed by atoms with Crippen molar-refractivity contribution in [2.75, 3.05) is 26.7 Å². The summed E-state index contributed by atoms with van der Waals surface area (Å²) in [5.41, 5.74) is 1.75. The minimum absolute atomic E-state index is 0.0502. The number of methoxy groups -OCH3 is 1. The average Bonchev–Trinajstić information content (AvgIpc) is 3.68. The zero-order chi connectivity index (χ0) is 28.7. The highest BCUT2D eigenvalue weighted by Crippen LogP contribution is 2.66. The van der Waals surface area contributed by atoms with Crippen LogP contribution in [0.4, 0.5) is 0 Å². The third-order valence-electron chi connectivity index (χ3n) is 10.6. The van der Waals surface area contributed by atoms with Gasteiger partial charge in [-0.25, -0.2) is 0 Å². The number of halogens is 2. The van der Waals surface area contributed by atoms with Crippen molar-refractivity contribution < 1.29 is 19.4 Å². The lowest BCUT2D eigenvalue weighted by molar-refractivity contribution is -0.202. The predicted molar refractivity (Wildman–Crippen MR) is 160 cm³/mol. The number of hydrogen-bond acceptors (Lipinski definition) is 5. The second kappa shape index (κ2) is 10.0. The third kappa shape index (κ3) is 4.22. The number of carbonyl (C=O) groups excluding carboxylic acids is 1. The molecule has 7 rings (SSSR count). The number of aliphatic hydroxyl groups is 1. The molecule has 2 saturated carbocycles. The van der Waals surface area contributed by atoms with Crippen LogP contribution in [-0.2, 0) is 23.1 Å². The molecule has 2 unspecified atom stereocenters. The quantitative estimate of drug-likeness (QED) is 0.425. The Labute approximate surface area is 252 Å². The van der Waals surface area contributed by atoms with Crippen LogP contribution in [0.3, 0.4) is 0 Å². The minimum Gasteiger partial charge on any atom is -0.493 e. The van der Waals surface area contributed by atoms with Crippen molar-refractivity contribution in [3.05, 3.63) is 57.1 Å². The Kier molecular flexibility index (Phi) is 6.81. The molecule has 2 aromatic carbocycles. The molecule has 1 amide bonds. The van der Waals surface area contributed by atoms with Crippen molar-refractivity contribution in [2.24, 2.45) is 11.8 Å². The first-order valence-electron chi connectivity index (χ1n) is 15.2. The lowest BCUT2D eigenvalue weighted by Crippen LogP contribution is -2.78. The monoisotopic (exact) mass is 598 g/mol. The number of ether oxygens (including phenoxy) is 2. The molecule has 6 nitrogen and oxygen atoms in total. The molecule has 1 spiro atoms. The van der Waals surface area contributed by atoms with Gasteiger partial charge in [-0.1, -0.05) is 49.2 Å². The summed E-state index contributed by atoms with van der Waals surface area (Å²) in [6.45, 7) is 6.92. The number of nitrogens with zero attached hydrogens (tertiary/aromatic N) is 2. The lowest BCUT2D eigenvalue weighted by Gasteiger charge is -2.65. The summed E-state index contributed by atoms with van der Waals surface area (Å²) in [4.78, 5) is 18.7. The summed E-state index contributed by atoms with van der Waals surface area (Å²) >= 11 is 12.5. The van der Waals surface area contributed by atoms with Crippen LogP contribution < -0.4 is 9.47 Å². The summed E-state index contributed by atoms with van der Waals surface area (Å²) < 4.78 is 12.8. The van der Waals surface area contributed by atoms with E-state index in [0.717, 1.165) is 48.7 Å². The fourth-order valence-electron chi connectivity index (χ4n) is 8.67. The second-order valence-corrected chi connectivity index (χ2v) is 14.3. The van der Waals surface area contributed by atoms with E-state index < -0.39 is 11.0 Å². The van der Waals surface area contributed by atoms with Crippen LogP contribution in [0.1, 0.15) is 62.6 Å². The zero-order valence-electron chi connectivity index (χ0n) is 24.2. The Hall–Kier alpha value is -1.99. The highest BCUT2D eigenvalue weighted by atomic mass is 35.5. The molecule has 3 fully saturated rings. The van der Waals surface area contributed by atoms with Crippen LogP contribution in [0.25, 0.3) is 0 Å². The van der Waals surface area contributed by atoms with Gasteiger partial charge in [0.15, 0.2) is 11.5 Å². The topological polar surface area (TPSA) is 62.2 Å². The van der Waals surface area contributed by atoms with Crippen molar-refractivity contribution >= 4 is 29.1 Å². The molecule has 1 N–H and O–H groups in total. The lowest BCUT2D eigenvalue weighted by atomic mass is 9.48. The van der Waals surface area contributed by atoms with Crippen molar-refractivity contribution in [2.45, 2.75) is 88.0 Å². The Balaban J connectivity index is 1.29. The summed E-state index contributed by atoms with van der Waals surface area (Å²) in [6, 6.07) is 9.51. The molecule has 2 bridgehead atoms. The molecule has 5 aliphatic rings. The third-order valence-corrected chi connectivity index (χ3v) is 11.3. The van der Waals surface area contributed by atoms with E-state index in [4.69, 9.17) is 32.7 Å². The smallest absolute Gasteiger partial charge is 0.227 e. The molecule has 2 aromatic rings. The number of likely N-dealkylation sites (tertiary alicyclic amines) is 1. The summed E-state index contributed by atoms with van der Waals surface area (Å²) in [6.07, 6.45) is 5.47. The molecule has 2 aliphatic heterocycles. The van der Waals surface area contributed by atoms with E-state index >= 15 is 0 Å². The summed E-state index contributed by atoms with van der Waals surface area (Å²) in [5, 5.41) is 13.8. The van der Waals surface area contributed by atoms with Gasteiger partial charge in [-0.3, -0.25) is 9.69 Å². The normalized spacial score (nSPS) is 31.5.